The van der Waals surface area contributed by atoms with Gasteiger partial charge in [-0.25, -0.2) is 4.21 Å². The van der Waals surface area contributed by atoms with Crippen LogP contribution in [0.15, 0.2) is 0 Å². The molecule has 2 unspecified atom stereocenters. The fourth-order valence-corrected chi connectivity index (χ4v) is 0.892. The van der Waals surface area contributed by atoms with Crippen LogP contribution in [0.25, 0.3) is 0 Å². The molecule has 3 nitrogen and oxygen atoms in total. The van der Waals surface area contributed by atoms with Crippen LogP contribution in [0, 0.1) is 0 Å². The molecule has 0 spiro atoms. The Morgan fingerprint density at radius 3 is 2.50 bits per heavy atom. The summed E-state index contributed by atoms with van der Waals surface area (Å²) in [4.78, 5) is 0. The molecule has 0 bridgehead atoms. The third kappa shape index (κ3) is 4.23. The Bertz CT molecular complexity index is 86.1. The van der Waals surface area contributed by atoms with Crippen molar-refractivity contribution < 1.29 is 8.76 Å². The summed E-state index contributed by atoms with van der Waals surface area (Å²) in [7, 11) is 1.76. The molecule has 50 valence electrons. The zero-order valence-electron chi connectivity index (χ0n) is 5.05. The molecule has 0 aromatic heterocycles. The van der Waals surface area contributed by atoms with Crippen LogP contribution in [-0.2, 0) is 11.1 Å². The van der Waals surface area contributed by atoms with Gasteiger partial charge in [0.15, 0.2) is 11.1 Å². The Labute approximate surface area is 51.8 Å². The second-order valence-electron chi connectivity index (χ2n) is 1.68. The monoisotopic (exact) mass is 137 g/mol. The first-order chi connectivity index (χ1) is 3.66. The molecule has 4 heteroatoms. The summed E-state index contributed by atoms with van der Waals surface area (Å²) in [5, 5.41) is 2.84. The van der Waals surface area contributed by atoms with E-state index in [2.05, 4.69) is 5.32 Å². The first-order valence-electron chi connectivity index (χ1n) is 2.41. The quantitative estimate of drug-likeness (QED) is 0.530. The SMILES string of the molecule is CNC(C)CS(=O)O. The minimum atomic E-state index is -1.66. The molecular weight excluding hydrogens is 126 g/mol. The van der Waals surface area contributed by atoms with Crippen LogP contribution in [-0.4, -0.2) is 27.6 Å². The van der Waals surface area contributed by atoms with Gasteiger partial charge in [-0.15, -0.1) is 0 Å². The predicted molar refractivity (Wildman–Crippen MR) is 34.2 cm³/mol. The number of hydrogen-bond acceptors (Lipinski definition) is 2. The van der Waals surface area contributed by atoms with E-state index in [4.69, 9.17) is 4.55 Å². The minimum Gasteiger partial charge on any atom is -0.316 e. The van der Waals surface area contributed by atoms with Crippen molar-refractivity contribution in [1.82, 2.24) is 5.32 Å². The van der Waals surface area contributed by atoms with E-state index in [-0.39, 0.29) is 6.04 Å². The van der Waals surface area contributed by atoms with E-state index in [0.717, 1.165) is 0 Å². The molecule has 0 aliphatic rings. The lowest BCUT2D eigenvalue weighted by Gasteiger charge is -2.04. The lowest BCUT2D eigenvalue weighted by Crippen LogP contribution is -2.27. The van der Waals surface area contributed by atoms with Crippen molar-refractivity contribution in [1.29, 1.82) is 0 Å². The van der Waals surface area contributed by atoms with Crippen LogP contribution in [0.3, 0.4) is 0 Å². The summed E-state index contributed by atoms with van der Waals surface area (Å²) in [5.41, 5.74) is 0. The summed E-state index contributed by atoms with van der Waals surface area (Å²) in [6.07, 6.45) is 0. The number of nitrogens with one attached hydrogen (secondary N) is 1. The highest BCUT2D eigenvalue weighted by Gasteiger charge is 1.99. The highest BCUT2D eigenvalue weighted by Crippen LogP contribution is 1.81. The van der Waals surface area contributed by atoms with Gasteiger partial charge in [0.25, 0.3) is 0 Å². The van der Waals surface area contributed by atoms with Gasteiger partial charge < -0.3 is 9.87 Å². The highest BCUT2D eigenvalue weighted by molar-refractivity contribution is 7.79. The van der Waals surface area contributed by atoms with Gasteiger partial charge in [0.1, 0.15) is 0 Å². The molecule has 0 aromatic carbocycles. The van der Waals surface area contributed by atoms with Gasteiger partial charge in [0.05, 0.1) is 5.75 Å². The van der Waals surface area contributed by atoms with Crippen molar-refractivity contribution in [2.24, 2.45) is 0 Å². The first-order valence-corrected chi connectivity index (χ1v) is 3.69. The highest BCUT2D eigenvalue weighted by atomic mass is 32.2. The Balaban J connectivity index is 3.24. The normalized spacial score (nSPS) is 17.9. The smallest absolute Gasteiger partial charge is 0.154 e. The van der Waals surface area contributed by atoms with Crippen LogP contribution in [0.4, 0.5) is 0 Å². The minimum absolute atomic E-state index is 0.126. The van der Waals surface area contributed by atoms with Crippen molar-refractivity contribution in [3.8, 4) is 0 Å². The Kier molecular flexibility index (Phi) is 4.03. The summed E-state index contributed by atoms with van der Waals surface area (Å²) in [6.45, 7) is 1.86. The van der Waals surface area contributed by atoms with E-state index in [0.29, 0.717) is 5.75 Å². The van der Waals surface area contributed by atoms with Crippen LogP contribution in [0.2, 0.25) is 0 Å². The second-order valence-corrected chi connectivity index (χ2v) is 2.65. The number of rotatable bonds is 3. The van der Waals surface area contributed by atoms with Gasteiger partial charge in [-0.2, -0.15) is 0 Å². The van der Waals surface area contributed by atoms with Crippen LogP contribution in [0.1, 0.15) is 6.92 Å². The van der Waals surface area contributed by atoms with Crippen molar-refractivity contribution in [2.45, 2.75) is 13.0 Å². The molecule has 0 aliphatic heterocycles. The van der Waals surface area contributed by atoms with E-state index in [1.54, 1.807) is 7.05 Å². The van der Waals surface area contributed by atoms with Gasteiger partial charge in [-0.05, 0) is 14.0 Å². The third-order valence-electron chi connectivity index (χ3n) is 0.885. The van der Waals surface area contributed by atoms with E-state index in [1.165, 1.54) is 0 Å². The van der Waals surface area contributed by atoms with Gasteiger partial charge in [-0.1, -0.05) is 0 Å². The van der Waals surface area contributed by atoms with Gasteiger partial charge in [-0.3, -0.25) is 0 Å². The average Bonchev–Trinajstić information content (AvgIpc) is 1.65. The summed E-state index contributed by atoms with van der Waals surface area (Å²) < 4.78 is 18.3. The standard InChI is InChI=1S/C4H11NO2S/c1-4(5-2)3-8(6)7/h4-5H,3H2,1-2H3,(H,6,7). The Morgan fingerprint density at radius 2 is 2.38 bits per heavy atom. The van der Waals surface area contributed by atoms with Crippen molar-refractivity contribution >= 4 is 11.1 Å². The molecule has 0 amide bonds. The second kappa shape index (κ2) is 4.00. The molecule has 0 rings (SSSR count). The largest absolute Gasteiger partial charge is 0.316 e. The summed E-state index contributed by atoms with van der Waals surface area (Å²) in [6, 6.07) is 0.126. The third-order valence-corrected chi connectivity index (χ3v) is 1.67. The number of hydrogen-bond donors (Lipinski definition) is 2. The molecular formula is C4H11NO2S. The maximum Gasteiger partial charge on any atom is 0.154 e. The molecule has 0 saturated carbocycles. The first kappa shape index (κ1) is 8.07. The molecule has 0 aliphatic carbocycles. The summed E-state index contributed by atoms with van der Waals surface area (Å²) in [5.74, 6) is 0.302. The van der Waals surface area contributed by atoms with Crippen molar-refractivity contribution in [3.63, 3.8) is 0 Å². The average molecular weight is 137 g/mol. The zero-order valence-corrected chi connectivity index (χ0v) is 5.86. The molecule has 8 heavy (non-hydrogen) atoms. The molecule has 0 radical (unpaired) electrons. The molecule has 0 saturated heterocycles. The molecule has 0 heterocycles. The van der Waals surface area contributed by atoms with Crippen LogP contribution < -0.4 is 5.32 Å². The van der Waals surface area contributed by atoms with Crippen molar-refractivity contribution in [3.05, 3.63) is 0 Å². The predicted octanol–water partition coefficient (Wildman–Crippen LogP) is -0.184. The van der Waals surface area contributed by atoms with E-state index in [1.807, 2.05) is 6.92 Å². The van der Waals surface area contributed by atoms with E-state index in [9.17, 15) is 4.21 Å². The van der Waals surface area contributed by atoms with Crippen LogP contribution >= 0.6 is 0 Å². The zero-order chi connectivity index (χ0) is 6.57. The van der Waals surface area contributed by atoms with Gasteiger partial charge in [0.2, 0.25) is 0 Å². The molecule has 2 N–H and O–H groups in total. The van der Waals surface area contributed by atoms with E-state index >= 15 is 0 Å². The lowest BCUT2D eigenvalue weighted by atomic mass is 10.4. The Morgan fingerprint density at radius 1 is 1.88 bits per heavy atom. The van der Waals surface area contributed by atoms with Gasteiger partial charge >= 0.3 is 0 Å². The molecule has 2 atom stereocenters. The maximum absolute atomic E-state index is 10.0. The maximum atomic E-state index is 10.0. The van der Waals surface area contributed by atoms with Crippen LogP contribution in [0.5, 0.6) is 0 Å². The molecule has 0 aromatic rings. The van der Waals surface area contributed by atoms with Crippen molar-refractivity contribution in [2.75, 3.05) is 12.8 Å². The fraction of sp³-hybridized carbons (Fsp3) is 1.00. The van der Waals surface area contributed by atoms with Gasteiger partial charge in [0, 0.05) is 6.04 Å². The van der Waals surface area contributed by atoms with E-state index < -0.39 is 11.1 Å². The Hall–Kier alpha value is 0.0700. The molecule has 0 fully saturated rings. The lowest BCUT2D eigenvalue weighted by molar-refractivity contribution is 0.549. The fourth-order valence-electron chi connectivity index (χ4n) is 0.297. The topological polar surface area (TPSA) is 49.3 Å². The summed E-state index contributed by atoms with van der Waals surface area (Å²) >= 11 is -1.66.